The van der Waals surface area contributed by atoms with Crippen LogP contribution >= 0.6 is 0 Å². The van der Waals surface area contributed by atoms with Crippen molar-refractivity contribution in [3.05, 3.63) is 18.5 Å². The van der Waals surface area contributed by atoms with Crippen LogP contribution in [0.25, 0.3) is 0 Å². The van der Waals surface area contributed by atoms with E-state index in [9.17, 15) is 0 Å². The van der Waals surface area contributed by atoms with Crippen molar-refractivity contribution in [1.29, 1.82) is 0 Å². The normalized spacial score (nSPS) is 31.9. The van der Waals surface area contributed by atoms with Crippen molar-refractivity contribution in [3.8, 4) is 0 Å². The number of hydrogen-bond acceptors (Lipinski definition) is 3. The van der Waals surface area contributed by atoms with Gasteiger partial charge in [-0.15, -0.1) is 0 Å². The van der Waals surface area contributed by atoms with Gasteiger partial charge in [0.05, 0.1) is 17.6 Å². The summed E-state index contributed by atoms with van der Waals surface area (Å²) in [4.78, 5) is 4.09. The van der Waals surface area contributed by atoms with Crippen molar-refractivity contribution in [3.63, 3.8) is 0 Å². The maximum atomic E-state index is 5.70. The lowest BCUT2D eigenvalue weighted by Gasteiger charge is -2.22. The molecule has 2 saturated carbocycles. The van der Waals surface area contributed by atoms with Crippen molar-refractivity contribution in [1.82, 2.24) is 4.98 Å². The molecule has 2 bridgehead atoms. The quantitative estimate of drug-likeness (QED) is 0.818. The number of nitrogens with zero attached hydrogens (tertiary/aromatic N) is 1. The summed E-state index contributed by atoms with van der Waals surface area (Å²) in [6.45, 7) is 1.09. The molecule has 2 aliphatic rings. The van der Waals surface area contributed by atoms with E-state index in [0.29, 0.717) is 0 Å². The van der Waals surface area contributed by atoms with Crippen LogP contribution in [0.15, 0.2) is 18.5 Å². The van der Waals surface area contributed by atoms with Crippen LogP contribution in [0, 0.1) is 17.8 Å². The van der Waals surface area contributed by atoms with Gasteiger partial charge in [-0.05, 0) is 43.1 Å². The van der Waals surface area contributed by atoms with Crippen molar-refractivity contribution in [2.75, 3.05) is 17.6 Å². The third-order valence-corrected chi connectivity index (χ3v) is 4.21. The van der Waals surface area contributed by atoms with E-state index in [1.54, 1.807) is 6.20 Å². The first-order valence-electron chi connectivity index (χ1n) is 6.25. The lowest BCUT2D eigenvalue weighted by molar-refractivity contribution is 0.348. The van der Waals surface area contributed by atoms with Crippen molar-refractivity contribution in [2.24, 2.45) is 17.8 Å². The molecule has 3 atom stereocenters. The fourth-order valence-corrected chi connectivity index (χ4v) is 3.43. The summed E-state index contributed by atoms with van der Waals surface area (Å²) in [7, 11) is 0. The number of hydrogen-bond donors (Lipinski definition) is 2. The van der Waals surface area contributed by atoms with Crippen LogP contribution in [0.5, 0.6) is 0 Å². The Balaban J connectivity index is 1.57. The van der Waals surface area contributed by atoms with Crippen LogP contribution in [0.1, 0.15) is 25.7 Å². The van der Waals surface area contributed by atoms with Crippen LogP contribution in [-0.4, -0.2) is 11.5 Å². The molecule has 3 unspecified atom stereocenters. The molecule has 86 valence electrons. The lowest BCUT2D eigenvalue weighted by atomic mass is 9.89. The first-order valence-corrected chi connectivity index (χ1v) is 6.25. The Bertz CT molecular complexity index is 377. The SMILES string of the molecule is Nc1cncc(NCC2CC3CCC2C3)c1. The molecule has 16 heavy (non-hydrogen) atoms. The number of fused-ring (bicyclic) bond motifs is 2. The summed E-state index contributed by atoms with van der Waals surface area (Å²) in [5.41, 5.74) is 7.49. The van der Waals surface area contributed by atoms with Gasteiger partial charge >= 0.3 is 0 Å². The molecule has 1 aromatic rings. The Hall–Kier alpha value is -1.25. The number of aromatic nitrogens is 1. The fraction of sp³-hybridized carbons (Fsp3) is 0.615. The van der Waals surface area contributed by atoms with E-state index < -0.39 is 0 Å². The van der Waals surface area contributed by atoms with Gasteiger partial charge < -0.3 is 11.1 Å². The molecule has 2 aliphatic carbocycles. The Morgan fingerprint density at radius 2 is 2.25 bits per heavy atom. The van der Waals surface area contributed by atoms with Gasteiger partial charge in [0, 0.05) is 12.7 Å². The maximum absolute atomic E-state index is 5.70. The highest BCUT2D eigenvalue weighted by molar-refractivity contribution is 5.51. The van der Waals surface area contributed by atoms with Gasteiger partial charge in [0.15, 0.2) is 0 Å². The molecule has 0 radical (unpaired) electrons. The second kappa shape index (κ2) is 3.96. The Kier molecular flexibility index (Phi) is 2.46. The highest BCUT2D eigenvalue weighted by atomic mass is 14.9. The number of rotatable bonds is 3. The average molecular weight is 217 g/mol. The van der Waals surface area contributed by atoms with E-state index in [-0.39, 0.29) is 0 Å². The van der Waals surface area contributed by atoms with E-state index in [4.69, 9.17) is 5.73 Å². The van der Waals surface area contributed by atoms with Gasteiger partial charge in [0.1, 0.15) is 0 Å². The predicted molar refractivity (Wildman–Crippen MR) is 66.1 cm³/mol. The summed E-state index contributed by atoms with van der Waals surface area (Å²) in [6, 6.07) is 1.96. The molecule has 3 heteroatoms. The van der Waals surface area contributed by atoms with Crippen molar-refractivity contribution < 1.29 is 0 Å². The maximum Gasteiger partial charge on any atom is 0.0547 e. The Morgan fingerprint density at radius 1 is 1.31 bits per heavy atom. The highest BCUT2D eigenvalue weighted by Gasteiger charge is 2.38. The lowest BCUT2D eigenvalue weighted by Crippen LogP contribution is -2.20. The van der Waals surface area contributed by atoms with Crippen LogP contribution in [0.4, 0.5) is 11.4 Å². The monoisotopic (exact) mass is 217 g/mol. The zero-order chi connectivity index (χ0) is 11.0. The number of nitrogens with two attached hydrogens (primary N) is 1. The topological polar surface area (TPSA) is 50.9 Å². The third-order valence-electron chi connectivity index (χ3n) is 4.21. The predicted octanol–water partition coefficient (Wildman–Crippen LogP) is 2.51. The number of anilines is 2. The third kappa shape index (κ3) is 1.86. The van der Waals surface area contributed by atoms with Crippen LogP contribution in [-0.2, 0) is 0 Å². The van der Waals surface area contributed by atoms with Gasteiger partial charge in [-0.1, -0.05) is 6.42 Å². The standard InChI is InChI=1S/C13H19N3/c14-12-5-13(8-15-7-12)16-6-11-4-9-1-2-10(11)3-9/h5,7-11,16H,1-4,6,14H2. The minimum Gasteiger partial charge on any atom is -0.397 e. The van der Waals surface area contributed by atoms with E-state index in [2.05, 4.69) is 10.3 Å². The summed E-state index contributed by atoms with van der Waals surface area (Å²) >= 11 is 0. The molecule has 0 aliphatic heterocycles. The number of nitrogen functional groups attached to an aromatic ring is 1. The highest BCUT2D eigenvalue weighted by Crippen LogP contribution is 2.48. The number of nitrogens with one attached hydrogen (secondary N) is 1. The van der Waals surface area contributed by atoms with Gasteiger partial charge in [-0.2, -0.15) is 0 Å². The molecule has 1 heterocycles. The molecule has 2 fully saturated rings. The van der Waals surface area contributed by atoms with Gasteiger partial charge in [-0.3, -0.25) is 4.98 Å². The van der Waals surface area contributed by atoms with Crippen molar-refractivity contribution in [2.45, 2.75) is 25.7 Å². The zero-order valence-electron chi connectivity index (χ0n) is 9.52. The van der Waals surface area contributed by atoms with Crippen LogP contribution < -0.4 is 11.1 Å². The molecule has 3 nitrogen and oxygen atoms in total. The Labute approximate surface area is 96.4 Å². The minimum atomic E-state index is 0.734. The molecule has 0 spiro atoms. The second-order valence-electron chi connectivity index (χ2n) is 5.32. The summed E-state index contributed by atoms with van der Waals surface area (Å²) < 4.78 is 0. The van der Waals surface area contributed by atoms with Gasteiger partial charge in [-0.25, -0.2) is 0 Å². The smallest absolute Gasteiger partial charge is 0.0547 e. The molecule has 0 aromatic carbocycles. The minimum absolute atomic E-state index is 0.734. The van der Waals surface area contributed by atoms with E-state index in [0.717, 1.165) is 35.7 Å². The zero-order valence-corrected chi connectivity index (χ0v) is 9.52. The van der Waals surface area contributed by atoms with Crippen LogP contribution in [0.2, 0.25) is 0 Å². The molecule has 1 aromatic heterocycles. The second-order valence-corrected chi connectivity index (χ2v) is 5.32. The molecule has 0 amide bonds. The molecular formula is C13H19N3. The van der Waals surface area contributed by atoms with Crippen molar-refractivity contribution >= 4 is 11.4 Å². The Morgan fingerprint density at radius 3 is 2.94 bits per heavy atom. The summed E-state index contributed by atoms with van der Waals surface area (Å²) in [5.74, 6) is 2.88. The first kappa shape index (κ1) is 9.94. The van der Waals surface area contributed by atoms with Gasteiger partial charge in [0.25, 0.3) is 0 Å². The summed E-state index contributed by atoms with van der Waals surface area (Å²) in [5, 5.41) is 3.47. The van der Waals surface area contributed by atoms with Gasteiger partial charge in [0.2, 0.25) is 0 Å². The first-order chi connectivity index (χ1) is 7.81. The van der Waals surface area contributed by atoms with E-state index in [1.807, 2.05) is 12.3 Å². The molecule has 3 rings (SSSR count). The number of pyridine rings is 1. The largest absolute Gasteiger partial charge is 0.397 e. The average Bonchev–Trinajstić information content (AvgIpc) is 2.88. The molecule has 3 N–H and O–H groups in total. The molecule has 0 saturated heterocycles. The van der Waals surface area contributed by atoms with E-state index in [1.165, 1.54) is 25.7 Å². The molecular weight excluding hydrogens is 198 g/mol. The fourth-order valence-electron chi connectivity index (χ4n) is 3.43. The van der Waals surface area contributed by atoms with E-state index >= 15 is 0 Å². The van der Waals surface area contributed by atoms with Crippen LogP contribution in [0.3, 0.4) is 0 Å². The summed E-state index contributed by atoms with van der Waals surface area (Å²) in [6.07, 6.45) is 9.36.